The van der Waals surface area contributed by atoms with Gasteiger partial charge in [-0.15, -0.1) is 5.10 Å². The van der Waals surface area contributed by atoms with E-state index in [9.17, 15) is 14.4 Å². The molecule has 0 atom stereocenters. The largest absolute Gasteiger partial charge is 0.459 e. The first kappa shape index (κ1) is 15.5. The van der Waals surface area contributed by atoms with Crippen LogP contribution in [0, 0.1) is 0 Å². The first-order valence-corrected chi connectivity index (χ1v) is 7.05. The van der Waals surface area contributed by atoms with Gasteiger partial charge in [-0.2, -0.15) is 4.68 Å². The van der Waals surface area contributed by atoms with E-state index >= 15 is 0 Å². The summed E-state index contributed by atoms with van der Waals surface area (Å²) in [6.45, 7) is 1.11. The van der Waals surface area contributed by atoms with Gasteiger partial charge in [-0.05, 0) is 31.2 Å². The van der Waals surface area contributed by atoms with Crippen LogP contribution in [0.15, 0.2) is 56.3 Å². The maximum atomic E-state index is 12.1. The van der Waals surface area contributed by atoms with Crippen LogP contribution in [-0.4, -0.2) is 21.5 Å². The molecule has 3 aromatic rings. The lowest BCUT2D eigenvalue weighted by Gasteiger charge is -2.05. The summed E-state index contributed by atoms with van der Waals surface area (Å²) in [7, 11) is 0. The highest BCUT2D eigenvalue weighted by atomic mass is 16.4. The zero-order valence-electron chi connectivity index (χ0n) is 12.7. The number of carbonyl (C=O) groups excluding carboxylic acids is 2. The van der Waals surface area contributed by atoms with Crippen LogP contribution in [0.4, 0.5) is 5.69 Å². The number of anilines is 1. The summed E-state index contributed by atoms with van der Waals surface area (Å²) in [4.78, 5) is 35.1. The normalized spacial score (nSPS) is 10.5. The molecular weight excluding hydrogens is 314 g/mol. The van der Waals surface area contributed by atoms with Crippen molar-refractivity contribution >= 4 is 17.4 Å². The Balaban J connectivity index is 1.72. The van der Waals surface area contributed by atoms with Crippen molar-refractivity contribution in [3.05, 3.63) is 58.8 Å². The fraction of sp³-hybridized carbons (Fsp3) is 0.125. The maximum Gasteiger partial charge on any atom is 0.437 e. The number of nitrogens with zero attached hydrogens (tertiary/aromatic N) is 2. The molecule has 0 radical (unpaired) electrons. The Morgan fingerprint density at radius 3 is 2.79 bits per heavy atom. The van der Waals surface area contributed by atoms with Crippen LogP contribution in [0.5, 0.6) is 0 Å². The molecule has 1 N–H and O–H groups in total. The van der Waals surface area contributed by atoms with E-state index < -0.39 is 11.7 Å². The topological polar surface area (TPSA) is 107 Å². The summed E-state index contributed by atoms with van der Waals surface area (Å²) in [5, 5.41) is 6.51. The number of rotatable bonds is 5. The molecule has 2 aromatic heterocycles. The van der Waals surface area contributed by atoms with Crippen LogP contribution in [0.25, 0.3) is 11.7 Å². The number of hydrogen-bond donors (Lipinski definition) is 1. The summed E-state index contributed by atoms with van der Waals surface area (Å²) < 4.78 is 10.9. The van der Waals surface area contributed by atoms with Crippen LogP contribution in [0.1, 0.15) is 17.3 Å². The summed E-state index contributed by atoms with van der Waals surface area (Å²) in [5.74, 6) is -1.06. The van der Waals surface area contributed by atoms with Gasteiger partial charge in [0.25, 0.3) is 5.89 Å². The molecule has 0 unspecified atom stereocenters. The standard InChI is InChI=1S/C16H13N3O5/c1-10(20)11-4-2-5-12(8-11)17-14(21)9-19-16(22)24-15(18-19)13-6-3-7-23-13/h2-8H,9H2,1H3,(H,17,21). The van der Waals surface area contributed by atoms with Crippen molar-refractivity contribution in [1.82, 2.24) is 9.78 Å². The first-order valence-electron chi connectivity index (χ1n) is 7.05. The number of furan rings is 1. The molecule has 2 heterocycles. The smallest absolute Gasteiger partial charge is 0.437 e. The Kier molecular flexibility index (Phi) is 4.11. The Labute approximate surface area is 135 Å². The number of Topliss-reactive ketones (excluding diaryl/α,β-unsaturated/α-hetero) is 1. The van der Waals surface area contributed by atoms with Gasteiger partial charge in [-0.1, -0.05) is 12.1 Å². The molecule has 3 rings (SSSR count). The minimum absolute atomic E-state index is 0.00335. The molecular formula is C16H13N3O5. The van der Waals surface area contributed by atoms with Gasteiger partial charge < -0.3 is 14.2 Å². The van der Waals surface area contributed by atoms with Crippen molar-refractivity contribution in [3.63, 3.8) is 0 Å². The third kappa shape index (κ3) is 3.32. The SMILES string of the molecule is CC(=O)c1cccc(NC(=O)Cn2nc(-c3ccco3)oc2=O)c1. The zero-order chi connectivity index (χ0) is 17.1. The predicted molar refractivity (Wildman–Crippen MR) is 83.5 cm³/mol. The lowest BCUT2D eigenvalue weighted by atomic mass is 10.1. The van der Waals surface area contributed by atoms with Crippen molar-refractivity contribution in [2.24, 2.45) is 0 Å². The Morgan fingerprint density at radius 1 is 1.25 bits per heavy atom. The Bertz CT molecular complexity index is 937. The molecule has 0 spiro atoms. The average molecular weight is 327 g/mol. The van der Waals surface area contributed by atoms with Crippen molar-refractivity contribution in [1.29, 1.82) is 0 Å². The van der Waals surface area contributed by atoms with Crippen molar-refractivity contribution in [2.45, 2.75) is 13.5 Å². The lowest BCUT2D eigenvalue weighted by molar-refractivity contribution is -0.117. The highest BCUT2D eigenvalue weighted by Crippen LogP contribution is 2.15. The van der Waals surface area contributed by atoms with Crippen LogP contribution in [0.3, 0.4) is 0 Å². The van der Waals surface area contributed by atoms with Gasteiger partial charge in [0.2, 0.25) is 5.91 Å². The van der Waals surface area contributed by atoms with E-state index in [2.05, 4.69) is 10.4 Å². The van der Waals surface area contributed by atoms with E-state index in [0.29, 0.717) is 17.0 Å². The molecule has 24 heavy (non-hydrogen) atoms. The molecule has 1 amide bonds. The van der Waals surface area contributed by atoms with Gasteiger partial charge in [0.05, 0.1) is 6.26 Å². The average Bonchev–Trinajstić information content (AvgIpc) is 3.18. The summed E-state index contributed by atoms with van der Waals surface area (Å²) in [6, 6.07) is 9.72. The molecule has 0 fully saturated rings. The monoisotopic (exact) mass is 327 g/mol. The third-order valence-electron chi connectivity index (χ3n) is 3.18. The van der Waals surface area contributed by atoms with E-state index in [1.54, 1.807) is 36.4 Å². The molecule has 0 bridgehead atoms. The number of ketones is 1. The highest BCUT2D eigenvalue weighted by Gasteiger charge is 2.15. The van der Waals surface area contributed by atoms with E-state index in [-0.39, 0.29) is 18.2 Å². The van der Waals surface area contributed by atoms with Crippen molar-refractivity contribution in [2.75, 3.05) is 5.32 Å². The van der Waals surface area contributed by atoms with Gasteiger partial charge in [-0.3, -0.25) is 9.59 Å². The second-order valence-corrected chi connectivity index (χ2v) is 4.99. The number of nitrogens with one attached hydrogen (secondary N) is 1. The van der Waals surface area contributed by atoms with E-state index in [0.717, 1.165) is 4.68 Å². The molecule has 0 saturated heterocycles. The number of aromatic nitrogens is 2. The minimum atomic E-state index is -0.769. The number of hydrogen-bond acceptors (Lipinski definition) is 6. The molecule has 8 heteroatoms. The van der Waals surface area contributed by atoms with Gasteiger partial charge in [-0.25, -0.2) is 4.79 Å². The van der Waals surface area contributed by atoms with Gasteiger partial charge in [0, 0.05) is 11.3 Å². The molecule has 1 aromatic carbocycles. The Morgan fingerprint density at radius 2 is 2.08 bits per heavy atom. The molecule has 0 saturated carbocycles. The quantitative estimate of drug-likeness (QED) is 0.718. The van der Waals surface area contributed by atoms with E-state index in [1.165, 1.54) is 13.2 Å². The number of benzene rings is 1. The summed E-state index contributed by atoms with van der Waals surface area (Å²) >= 11 is 0. The molecule has 0 aliphatic heterocycles. The maximum absolute atomic E-state index is 12.1. The second kappa shape index (κ2) is 6.37. The fourth-order valence-electron chi connectivity index (χ4n) is 2.06. The molecule has 0 aliphatic rings. The zero-order valence-corrected chi connectivity index (χ0v) is 12.7. The predicted octanol–water partition coefficient (Wildman–Crippen LogP) is 1.94. The van der Waals surface area contributed by atoms with Gasteiger partial charge in [0.15, 0.2) is 11.5 Å². The van der Waals surface area contributed by atoms with Crippen LogP contribution < -0.4 is 11.1 Å². The third-order valence-corrected chi connectivity index (χ3v) is 3.18. The molecule has 8 nitrogen and oxygen atoms in total. The lowest BCUT2D eigenvalue weighted by Crippen LogP contribution is -2.25. The minimum Gasteiger partial charge on any atom is -0.459 e. The highest BCUT2D eigenvalue weighted by molar-refractivity contribution is 5.97. The summed E-state index contributed by atoms with van der Waals surface area (Å²) in [6.07, 6.45) is 1.42. The fourth-order valence-corrected chi connectivity index (χ4v) is 2.06. The Hall–Kier alpha value is -3.42. The van der Waals surface area contributed by atoms with E-state index in [4.69, 9.17) is 8.83 Å². The van der Waals surface area contributed by atoms with E-state index in [1.807, 2.05) is 0 Å². The van der Waals surface area contributed by atoms with Gasteiger partial charge >= 0.3 is 5.76 Å². The second-order valence-electron chi connectivity index (χ2n) is 4.99. The van der Waals surface area contributed by atoms with Crippen LogP contribution in [0.2, 0.25) is 0 Å². The van der Waals surface area contributed by atoms with Crippen molar-refractivity contribution in [3.8, 4) is 11.7 Å². The summed E-state index contributed by atoms with van der Waals surface area (Å²) in [5.41, 5.74) is 0.932. The first-order chi connectivity index (χ1) is 11.5. The molecule has 122 valence electrons. The number of amides is 1. The number of carbonyl (C=O) groups is 2. The van der Waals surface area contributed by atoms with Crippen LogP contribution in [-0.2, 0) is 11.3 Å². The molecule has 0 aliphatic carbocycles. The van der Waals surface area contributed by atoms with Crippen LogP contribution >= 0.6 is 0 Å². The van der Waals surface area contributed by atoms with Crippen molar-refractivity contribution < 1.29 is 18.4 Å². The van der Waals surface area contributed by atoms with Gasteiger partial charge in [0.1, 0.15) is 6.54 Å².